The Morgan fingerprint density at radius 1 is 0.938 bits per heavy atom. The van der Waals surface area contributed by atoms with Gasteiger partial charge in [-0.3, -0.25) is 0 Å². The molecular formula is C15H25N. The molecule has 0 bridgehead atoms. The standard InChI is InChI=1S/C15H25N/c1-11(2)13-6-8-14(9-7-13)15(10-16-5)12(3)4/h6-9,11-12,15-16H,10H2,1-5H3. The largest absolute Gasteiger partial charge is 0.319 e. The third-order valence-corrected chi connectivity index (χ3v) is 3.26. The Balaban J connectivity index is 2.85. The van der Waals surface area contributed by atoms with Gasteiger partial charge >= 0.3 is 0 Å². The van der Waals surface area contributed by atoms with Gasteiger partial charge in [-0.2, -0.15) is 0 Å². The van der Waals surface area contributed by atoms with Gasteiger partial charge in [-0.05, 0) is 35.9 Å². The quantitative estimate of drug-likeness (QED) is 0.795. The molecule has 0 aliphatic carbocycles. The smallest absolute Gasteiger partial charge is 0.00196 e. The van der Waals surface area contributed by atoms with Gasteiger partial charge in [0, 0.05) is 6.54 Å². The van der Waals surface area contributed by atoms with Crippen LogP contribution in [0.4, 0.5) is 0 Å². The summed E-state index contributed by atoms with van der Waals surface area (Å²) in [5.74, 6) is 1.92. The van der Waals surface area contributed by atoms with E-state index in [-0.39, 0.29) is 0 Å². The maximum absolute atomic E-state index is 3.28. The van der Waals surface area contributed by atoms with E-state index in [1.165, 1.54) is 11.1 Å². The molecule has 0 fully saturated rings. The summed E-state index contributed by atoms with van der Waals surface area (Å²) < 4.78 is 0. The molecule has 1 aromatic carbocycles. The minimum Gasteiger partial charge on any atom is -0.319 e. The summed E-state index contributed by atoms with van der Waals surface area (Å²) in [5.41, 5.74) is 2.88. The molecule has 90 valence electrons. The number of hydrogen-bond acceptors (Lipinski definition) is 1. The molecule has 0 aliphatic rings. The Morgan fingerprint density at radius 2 is 1.44 bits per heavy atom. The van der Waals surface area contributed by atoms with Gasteiger partial charge in [-0.15, -0.1) is 0 Å². The highest BCUT2D eigenvalue weighted by molar-refractivity contribution is 5.27. The van der Waals surface area contributed by atoms with Gasteiger partial charge in [0.25, 0.3) is 0 Å². The summed E-state index contributed by atoms with van der Waals surface area (Å²) in [6.45, 7) is 10.1. The number of rotatable bonds is 5. The third-order valence-electron chi connectivity index (χ3n) is 3.26. The molecule has 0 heterocycles. The Kier molecular flexibility index (Phi) is 5.01. The van der Waals surface area contributed by atoms with Gasteiger partial charge in [-0.1, -0.05) is 52.0 Å². The van der Waals surface area contributed by atoms with Crippen LogP contribution in [-0.2, 0) is 0 Å². The van der Waals surface area contributed by atoms with E-state index >= 15 is 0 Å². The van der Waals surface area contributed by atoms with E-state index in [1.807, 2.05) is 7.05 Å². The zero-order valence-corrected chi connectivity index (χ0v) is 11.2. The molecule has 1 heteroatoms. The molecule has 0 amide bonds. The van der Waals surface area contributed by atoms with Crippen molar-refractivity contribution in [2.75, 3.05) is 13.6 Å². The van der Waals surface area contributed by atoms with Crippen LogP contribution in [0.2, 0.25) is 0 Å². The maximum atomic E-state index is 3.28. The second kappa shape index (κ2) is 6.05. The molecule has 1 atom stereocenters. The Bertz CT molecular complexity index is 298. The number of benzene rings is 1. The molecule has 1 aromatic rings. The van der Waals surface area contributed by atoms with Crippen LogP contribution in [0.1, 0.15) is 50.7 Å². The average Bonchev–Trinajstić information content (AvgIpc) is 2.25. The van der Waals surface area contributed by atoms with Crippen molar-refractivity contribution in [3.05, 3.63) is 35.4 Å². The molecule has 0 radical (unpaired) electrons. The van der Waals surface area contributed by atoms with Crippen molar-refractivity contribution in [2.45, 2.75) is 39.5 Å². The lowest BCUT2D eigenvalue weighted by Crippen LogP contribution is -2.21. The highest BCUT2D eigenvalue weighted by atomic mass is 14.8. The van der Waals surface area contributed by atoms with Crippen LogP contribution in [0.5, 0.6) is 0 Å². The van der Waals surface area contributed by atoms with Crippen molar-refractivity contribution >= 4 is 0 Å². The lowest BCUT2D eigenvalue weighted by atomic mass is 9.87. The van der Waals surface area contributed by atoms with Crippen LogP contribution in [0, 0.1) is 5.92 Å². The molecule has 0 spiro atoms. The fraction of sp³-hybridized carbons (Fsp3) is 0.600. The van der Waals surface area contributed by atoms with Crippen molar-refractivity contribution in [3.8, 4) is 0 Å². The predicted octanol–water partition coefficient (Wildman–Crippen LogP) is 3.77. The first-order valence-electron chi connectivity index (χ1n) is 6.30. The first-order valence-corrected chi connectivity index (χ1v) is 6.30. The topological polar surface area (TPSA) is 12.0 Å². The summed E-state index contributed by atoms with van der Waals surface area (Å²) in [6, 6.07) is 9.12. The molecule has 1 rings (SSSR count). The minimum absolute atomic E-state index is 0.617. The van der Waals surface area contributed by atoms with Crippen molar-refractivity contribution in [1.29, 1.82) is 0 Å². The van der Waals surface area contributed by atoms with Crippen molar-refractivity contribution in [1.82, 2.24) is 5.32 Å². The van der Waals surface area contributed by atoms with Crippen LogP contribution in [0.3, 0.4) is 0 Å². The minimum atomic E-state index is 0.617. The number of hydrogen-bond donors (Lipinski definition) is 1. The average molecular weight is 219 g/mol. The molecular weight excluding hydrogens is 194 g/mol. The molecule has 1 unspecified atom stereocenters. The number of nitrogens with one attached hydrogen (secondary N) is 1. The van der Waals surface area contributed by atoms with Crippen LogP contribution in [0.15, 0.2) is 24.3 Å². The Labute approximate surface area is 100 Å². The van der Waals surface area contributed by atoms with E-state index in [2.05, 4.69) is 57.3 Å². The molecule has 0 aliphatic heterocycles. The normalized spacial score (nSPS) is 13.4. The van der Waals surface area contributed by atoms with Gasteiger partial charge < -0.3 is 5.32 Å². The van der Waals surface area contributed by atoms with E-state index in [0.29, 0.717) is 17.8 Å². The zero-order valence-electron chi connectivity index (χ0n) is 11.2. The number of likely N-dealkylation sites (N-methyl/N-ethyl adjacent to an activating group) is 1. The van der Waals surface area contributed by atoms with Gasteiger partial charge in [-0.25, -0.2) is 0 Å². The monoisotopic (exact) mass is 219 g/mol. The summed E-state index contributed by atoms with van der Waals surface area (Å²) in [6.07, 6.45) is 0. The van der Waals surface area contributed by atoms with Crippen molar-refractivity contribution < 1.29 is 0 Å². The predicted molar refractivity (Wildman–Crippen MR) is 72.0 cm³/mol. The van der Waals surface area contributed by atoms with E-state index in [4.69, 9.17) is 0 Å². The first-order chi connectivity index (χ1) is 7.56. The fourth-order valence-electron chi connectivity index (χ4n) is 2.09. The summed E-state index contributed by atoms with van der Waals surface area (Å²) in [7, 11) is 2.03. The maximum Gasteiger partial charge on any atom is 0.00196 e. The zero-order chi connectivity index (χ0) is 12.1. The first kappa shape index (κ1) is 13.2. The lowest BCUT2D eigenvalue weighted by molar-refractivity contribution is 0.478. The van der Waals surface area contributed by atoms with E-state index in [1.54, 1.807) is 0 Å². The van der Waals surface area contributed by atoms with E-state index < -0.39 is 0 Å². The van der Waals surface area contributed by atoms with Crippen LogP contribution >= 0.6 is 0 Å². The van der Waals surface area contributed by atoms with Gasteiger partial charge in [0.1, 0.15) is 0 Å². The lowest BCUT2D eigenvalue weighted by Gasteiger charge is -2.21. The second-order valence-corrected chi connectivity index (χ2v) is 5.23. The Hall–Kier alpha value is -0.820. The van der Waals surface area contributed by atoms with E-state index in [9.17, 15) is 0 Å². The van der Waals surface area contributed by atoms with Crippen molar-refractivity contribution in [2.24, 2.45) is 5.92 Å². The molecule has 0 saturated carbocycles. The van der Waals surface area contributed by atoms with Crippen LogP contribution in [0.25, 0.3) is 0 Å². The Morgan fingerprint density at radius 3 is 1.81 bits per heavy atom. The van der Waals surface area contributed by atoms with Gasteiger partial charge in [0.2, 0.25) is 0 Å². The SMILES string of the molecule is CNCC(c1ccc(C(C)C)cc1)C(C)C. The highest BCUT2D eigenvalue weighted by Crippen LogP contribution is 2.25. The van der Waals surface area contributed by atoms with Crippen LogP contribution in [-0.4, -0.2) is 13.6 Å². The molecule has 1 N–H and O–H groups in total. The van der Waals surface area contributed by atoms with Gasteiger partial charge in [0.15, 0.2) is 0 Å². The van der Waals surface area contributed by atoms with Gasteiger partial charge in [0.05, 0.1) is 0 Å². The van der Waals surface area contributed by atoms with Crippen molar-refractivity contribution in [3.63, 3.8) is 0 Å². The summed E-state index contributed by atoms with van der Waals surface area (Å²) in [5, 5.41) is 3.28. The summed E-state index contributed by atoms with van der Waals surface area (Å²) in [4.78, 5) is 0. The summed E-state index contributed by atoms with van der Waals surface area (Å²) >= 11 is 0. The van der Waals surface area contributed by atoms with Crippen LogP contribution < -0.4 is 5.32 Å². The van der Waals surface area contributed by atoms with E-state index in [0.717, 1.165) is 6.54 Å². The molecule has 0 aromatic heterocycles. The second-order valence-electron chi connectivity index (χ2n) is 5.23. The fourth-order valence-corrected chi connectivity index (χ4v) is 2.09. The molecule has 0 saturated heterocycles. The molecule has 16 heavy (non-hydrogen) atoms. The molecule has 1 nitrogen and oxygen atoms in total. The third kappa shape index (κ3) is 3.34. The highest BCUT2D eigenvalue weighted by Gasteiger charge is 2.14.